The monoisotopic (exact) mass is 413 g/mol. The number of carbonyl (C=O) groups excluding carboxylic acids is 1. The van der Waals surface area contributed by atoms with Crippen molar-refractivity contribution in [2.24, 2.45) is 0 Å². The topological polar surface area (TPSA) is 91.1 Å². The Morgan fingerprint density at radius 2 is 1.79 bits per heavy atom. The predicted octanol–water partition coefficient (Wildman–Crippen LogP) is 4.26. The van der Waals surface area contributed by atoms with E-state index in [-0.39, 0.29) is 11.7 Å². The van der Waals surface area contributed by atoms with Crippen LogP contribution in [0.4, 0.5) is 5.69 Å². The maximum Gasteiger partial charge on any atom is 0.268 e. The third-order valence-corrected chi connectivity index (χ3v) is 6.27. The SMILES string of the molecule is CCCCS(=O)(=O)Nc1ccc2[nH]c(C(=O)NCc3ccc(C)cc3)c(C)c2c1. The summed E-state index contributed by atoms with van der Waals surface area (Å²) in [6, 6.07) is 13.3. The van der Waals surface area contributed by atoms with Gasteiger partial charge in [0.05, 0.1) is 5.75 Å². The Balaban J connectivity index is 1.76. The van der Waals surface area contributed by atoms with Crippen LogP contribution in [-0.4, -0.2) is 25.1 Å². The van der Waals surface area contributed by atoms with Gasteiger partial charge in [0.2, 0.25) is 10.0 Å². The molecular weight excluding hydrogens is 386 g/mol. The normalized spacial score (nSPS) is 11.6. The second-order valence-electron chi connectivity index (χ2n) is 7.33. The summed E-state index contributed by atoms with van der Waals surface area (Å²) in [5, 5.41) is 3.75. The van der Waals surface area contributed by atoms with Crippen molar-refractivity contribution in [1.29, 1.82) is 0 Å². The van der Waals surface area contributed by atoms with E-state index in [4.69, 9.17) is 0 Å². The molecule has 0 aliphatic rings. The van der Waals surface area contributed by atoms with Crippen molar-refractivity contribution in [3.63, 3.8) is 0 Å². The number of rotatable bonds is 8. The Labute approximate surface area is 171 Å². The zero-order chi connectivity index (χ0) is 21.0. The summed E-state index contributed by atoms with van der Waals surface area (Å²) in [6.45, 7) is 6.27. The van der Waals surface area contributed by atoms with Crippen LogP contribution in [0.3, 0.4) is 0 Å². The molecule has 0 fully saturated rings. The number of anilines is 1. The highest BCUT2D eigenvalue weighted by Gasteiger charge is 2.16. The number of sulfonamides is 1. The van der Waals surface area contributed by atoms with Crippen LogP contribution in [0.2, 0.25) is 0 Å². The third-order valence-electron chi connectivity index (χ3n) is 4.90. The highest BCUT2D eigenvalue weighted by Crippen LogP contribution is 2.25. The fraction of sp³-hybridized carbons (Fsp3) is 0.318. The molecular formula is C22H27N3O3S. The van der Waals surface area contributed by atoms with E-state index in [2.05, 4.69) is 15.0 Å². The molecule has 2 aromatic carbocycles. The molecule has 0 spiro atoms. The van der Waals surface area contributed by atoms with Crippen LogP contribution in [0.1, 0.15) is 46.9 Å². The quantitative estimate of drug-likeness (QED) is 0.515. The molecule has 0 aliphatic carbocycles. The Kier molecular flexibility index (Phi) is 6.27. The average Bonchev–Trinajstić information content (AvgIpc) is 3.02. The number of fused-ring (bicyclic) bond motifs is 1. The second-order valence-corrected chi connectivity index (χ2v) is 9.17. The number of carbonyl (C=O) groups is 1. The fourth-order valence-electron chi connectivity index (χ4n) is 3.16. The lowest BCUT2D eigenvalue weighted by molar-refractivity contribution is 0.0946. The summed E-state index contributed by atoms with van der Waals surface area (Å²) >= 11 is 0. The highest BCUT2D eigenvalue weighted by atomic mass is 32.2. The number of aromatic amines is 1. The molecule has 0 radical (unpaired) electrons. The van der Waals surface area contributed by atoms with Crippen molar-refractivity contribution in [3.8, 4) is 0 Å². The standard InChI is InChI=1S/C22H27N3O3S/c1-4-5-12-29(27,28)25-18-10-11-20-19(13-18)16(3)21(24-20)22(26)23-14-17-8-6-15(2)7-9-17/h6-11,13,24-25H,4-5,12,14H2,1-3H3,(H,23,26). The number of H-pyrrole nitrogens is 1. The highest BCUT2D eigenvalue weighted by molar-refractivity contribution is 7.92. The second kappa shape index (κ2) is 8.69. The smallest absolute Gasteiger partial charge is 0.268 e. The van der Waals surface area contributed by atoms with Gasteiger partial charge < -0.3 is 10.3 Å². The molecule has 0 saturated carbocycles. The molecule has 0 atom stereocenters. The van der Waals surface area contributed by atoms with Gasteiger partial charge in [-0.1, -0.05) is 43.2 Å². The molecule has 7 heteroatoms. The molecule has 3 aromatic rings. The summed E-state index contributed by atoms with van der Waals surface area (Å²) in [4.78, 5) is 15.8. The lowest BCUT2D eigenvalue weighted by Crippen LogP contribution is -2.23. The van der Waals surface area contributed by atoms with E-state index in [1.807, 2.05) is 45.0 Å². The predicted molar refractivity (Wildman–Crippen MR) is 118 cm³/mol. The van der Waals surface area contributed by atoms with Gasteiger partial charge in [-0.2, -0.15) is 0 Å². The van der Waals surface area contributed by atoms with Crippen LogP contribution in [0, 0.1) is 13.8 Å². The van der Waals surface area contributed by atoms with Crippen molar-refractivity contribution in [1.82, 2.24) is 10.3 Å². The molecule has 0 bridgehead atoms. The van der Waals surface area contributed by atoms with Crippen molar-refractivity contribution < 1.29 is 13.2 Å². The number of benzene rings is 2. The first-order chi connectivity index (χ1) is 13.8. The molecule has 3 N–H and O–H groups in total. The lowest BCUT2D eigenvalue weighted by atomic mass is 10.1. The summed E-state index contributed by atoms with van der Waals surface area (Å²) in [5.41, 5.74) is 4.77. The van der Waals surface area contributed by atoms with E-state index in [1.165, 1.54) is 5.56 Å². The minimum atomic E-state index is -3.37. The van der Waals surface area contributed by atoms with E-state index in [1.54, 1.807) is 18.2 Å². The number of aryl methyl sites for hydroxylation is 2. The van der Waals surface area contributed by atoms with Crippen LogP contribution >= 0.6 is 0 Å². The van der Waals surface area contributed by atoms with Crippen LogP contribution < -0.4 is 10.0 Å². The molecule has 1 aromatic heterocycles. The summed E-state index contributed by atoms with van der Waals surface area (Å²) < 4.78 is 26.9. The van der Waals surface area contributed by atoms with Gasteiger partial charge in [-0.15, -0.1) is 0 Å². The first-order valence-electron chi connectivity index (χ1n) is 9.75. The fourth-order valence-corrected chi connectivity index (χ4v) is 4.42. The zero-order valence-corrected chi connectivity index (χ0v) is 17.8. The van der Waals surface area contributed by atoms with Gasteiger partial charge in [-0.3, -0.25) is 9.52 Å². The Morgan fingerprint density at radius 1 is 1.07 bits per heavy atom. The van der Waals surface area contributed by atoms with Crippen LogP contribution in [0.5, 0.6) is 0 Å². The average molecular weight is 414 g/mol. The van der Waals surface area contributed by atoms with E-state index in [9.17, 15) is 13.2 Å². The number of nitrogens with one attached hydrogen (secondary N) is 3. The van der Waals surface area contributed by atoms with Gasteiger partial charge in [0.25, 0.3) is 5.91 Å². The molecule has 3 rings (SSSR count). The summed E-state index contributed by atoms with van der Waals surface area (Å²) in [7, 11) is -3.37. The van der Waals surface area contributed by atoms with Crippen molar-refractivity contribution in [3.05, 3.63) is 64.8 Å². The van der Waals surface area contributed by atoms with E-state index >= 15 is 0 Å². The van der Waals surface area contributed by atoms with Crippen molar-refractivity contribution in [2.45, 2.75) is 40.2 Å². The van der Waals surface area contributed by atoms with E-state index in [0.29, 0.717) is 24.3 Å². The van der Waals surface area contributed by atoms with Gasteiger partial charge >= 0.3 is 0 Å². The molecule has 29 heavy (non-hydrogen) atoms. The van der Waals surface area contributed by atoms with Gasteiger partial charge in [0, 0.05) is 23.1 Å². The van der Waals surface area contributed by atoms with Crippen LogP contribution in [0.15, 0.2) is 42.5 Å². The molecule has 1 amide bonds. The Morgan fingerprint density at radius 3 is 2.48 bits per heavy atom. The minimum absolute atomic E-state index is 0.0975. The van der Waals surface area contributed by atoms with Crippen LogP contribution in [-0.2, 0) is 16.6 Å². The molecule has 1 heterocycles. The van der Waals surface area contributed by atoms with E-state index in [0.717, 1.165) is 28.5 Å². The zero-order valence-electron chi connectivity index (χ0n) is 17.0. The van der Waals surface area contributed by atoms with Gasteiger partial charge in [0.15, 0.2) is 0 Å². The molecule has 154 valence electrons. The lowest BCUT2D eigenvalue weighted by Gasteiger charge is -2.07. The number of unbranched alkanes of at least 4 members (excludes halogenated alkanes) is 1. The largest absolute Gasteiger partial charge is 0.350 e. The maximum atomic E-state index is 12.7. The van der Waals surface area contributed by atoms with Gasteiger partial charge in [0.1, 0.15) is 5.69 Å². The number of hydrogen-bond donors (Lipinski definition) is 3. The van der Waals surface area contributed by atoms with Crippen molar-refractivity contribution >= 4 is 32.5 Å². The molecule has 0 aliphatic heterocycles. The van der Waals surface area contributed by atoms with Gasteiger partial charge in [-0.05, 0) is 49.6 Å². The first kappa shape index (κ1) is 20.9. The molecule has 0 unspecified atom stereocenters. The minimum Gasteiger partial charge on any atom is -0.350 e. The summed E-state index contributed by atoms with van der Waals surface area (Å²) in [5.74, 6) is -0.0929. The first-order valence-corrected chi connectivity index (χ1v) is 11.4. The number of amides is 1. The van der Waals surface area contributed by atoms with Crippen LogP contribution in [0.25, 0.3) is 10.9 Å². The molecule has 0 saturated heterocycles. The van der Waals surface area contributed by atoms with Crippen molar-refractivity contribution in [2.75, 3.05) is 10.5 Å². The maximum absolute atomic E-state index is 12.7. The number of hydrogen-bond acceptors (Lipinski definition) is 3. The Bertz CT molecular complexity index is 1120. The third kappa shape index (κ3) is 5.17. The molecule has 6 nitrogen and oxygen atoms in total. The van der Waals surface area contributed by atoms with E-state index < -0.39 is 10.0 Å². The Hall–Kier alpha value is -2.80. The number of aromatic nitrogens is 1. The van der Waals surface area contributed by atoms with Gasteiger partial charge in [-0.25, -0.2) is 8.42 Å². The summed E-state index contributed by atoms with van der Waals surface area (Å²) in [6.07, 6.45) is 1.43.